The fourth-order valence-corrected chi connectivity index (χ4v) is 2.38. The molecule has 0 atom stereocenters. The molecule has 0 radical (unpaired) electrons. The van der Waals surface area contributed by atoms with E-state index in [0.29, 0.717) is 21.0 Å². The van der Waals surface area contributed by atoms with Crippen molar-refractivity contribution in [2.24, 2.45) is 0 Å². The summed E-state index contributed by atoms with van der Waals surface area (Å²) in [5, 5.41) is 24.1. The van der Waals surface area contributed by atoms with Gasteiger partial charge in [0.2, 0.25) is 0 Å². The van der Waals surface area contributed by atoms with Crippen LogP contribution in [-0.2, 0) is 0 Å². The molecule has 0 aliphatic rings. The Hall–Kier alpha value is -3.25. The Morgan fingerprint density at radius 1 is 1.08 bits per heavy atom. The summed E-state index contributed by atoms with van der Waals surface area (Å²) < 4.78 is 0.644. The Morgan fingerprint density at radius 2 is 1.84 bits per heavy atom. The van der Waals surface area contributed by atoms with Crippen molar-refractivity contribution in [2.45, 2.75) is 0 Å². The second-order valence-electron chi connectivity index (χ2n) is 5.18. The van der Waals surface area contributed by atoms with Crippen molar-refractivity contribution in [2.75, 3.05) is 0 Å². The summed E-state index contributed by atoms with van der Waals surface area (Å²) in [6.45, 7) is 0. The summed E-state index contributed by atoms with van der Waals surface area (Å²) in [5.74, 6) is 0.0990. The van der Waals surface area contributed by atoms with Crippen molar-refractivity contribution in [3.63, 3.8) is 0 Å². The predicted octanol–water partition coefficient (Wildman–Crippen LogP) is 4.11. The summed E-state index contributed by atoms with van der Waals surface area (Å²) >= 11 is 5.84. The fraction of sp³-hybridized carbons (Fsp3) is 0. The predicted molar refractivity (Wildman–Crippen MR) is 95.7 cm³/mol. The van der Waals surface area contributed by atoms with Crippen LogP contribution < -0.4 is 4.73 Å². The van der Waals surface area contributed by atoms with Crippen molar-refractivity contribution < 1.29 is 9.65 Å². The van der Waals surface area contributed by atoms with E-state index < -0.39 is 4.92 Å². The molecule has 0 N–H and O–H groups in total. The molecule has 6 nitrogen and oxygen atoms in total. The number of hydrogen-bond acceptors (Lipinski definition) is 4. The Morgan fingerprint density at radius 3 is 2.56 bits per heavy atom. The van der Waals surface area contributed by atoms with Crippen molar-refractivity contribution in [3.05, 3.63) is 92.4 Å². The van der Waals surface area contributed by atoms with Crippen LogP contribution in [0.25, 0.3) is 23.5 Å². The number of halogens is 1. The molecule has 0 aliphatic carbocycles. The largest absolute Gasteiger partial charge is 0.710 e. The fourth-order valence-electron chi connectivity index (χ4n) is 2.26. The van der Waals surface area contributed by atoms with Crippen LogP contribution in [0.2, 0.25) is 5.02 Å². The highest BCUT2D eigenvalue weighted by Crippen LogP contribution is 2.20. The van der Waals surface area contributed by atoms with Crippen LogP contribution in [0.1, 0.15) is 11.3 Å². The first kappa shape index (κ1) is 16.6. The van der Waals surface area contributed by atoms with Gasteiger partial charge in [-0.3, -0.25) is 10.1 Å². The van der Waals surface area contributed by atoms with Gasteiger partial charge >= 0.3 is 5.82 Å². The normalized spacial score (nSPS) is 10.9. The van der Waals surface area contributed by atoms with Gasteiger partial charge in [0.05, 0.1) is 10.5 Å². The Balaban J connectivity index is 1.96. The molecular formula is C18H12ClN3O3. The zero-order valence-electron chi connectivity index (χ0n) is 12.9. The molecule has 0 fully saturated rings. The minimum absolute atomic E-state index is 0.0959. The maximum Gasteiger partial charge on any atom is 0.333 e. The van der Waals surface area contributed by atoms with Crippen molar-refractivity contribution >= 4 is 29.4 Å². The highest BCUT2D eigenvalue weighted by molar-refractivity contribution is 6.30. The standard InChI is InChI=1S/C18H12ClN3O3/c19-15-7-4-13(5-8-15)6-9-16-10-11-20-18(21(16)23)14-2-1-3-17(12-14)22(24)25/h1-12H/b9-6+. The molecular weight excluding hydrogens is 342 g/mol. The van der Waals surface area contributed by atoms with Crippen LogP contribution in [-0.4, -0.2) is 9.91 Å². The number of benzene rings is 2. The highest BCUT2D eigenvalue weighted by atomic mass is 35.5. The van der Waals surface area contributed by atoms with Gasteiger partial charge in [0.25, 0.3) is 5.69 Å². The van der Waals surface area contributed by atoms with Gasteiger partial charge in [0.15, 0.2) is 0 Å². The van der Waals surface area contributed by atoms with Crippen LogP contribution in [0, 0.1) is 15.3 Å². The number of nitro groups is 1. The zero-order valence-corrected chi connectivity index (χ0v) is 13.6. The summed E-state index contributed by atoms with van der Waals surface area (Å²) in [6.07, 6.45) is 4.92. The third-order valence-corrected chi connectivity index (χ3v) is 3.75. The average molecular weight is 354 g/mol. The highest BCUT2D eigenvalue weighted by Gasteiger charge is 2.16. The molecule has 3 aromatic rings. The number of non-ortho nitro benzene ring substituents is 1. The van der Waals surface area contributed by atoms with Crippen molar-refractivity contribution in [3.8, 4) is 11.4 Å². The van der Waals surface area contributed by atoms with E-state index in [9.17, 15) is 15.3 Å². The monoisotopic (exact) mass is 353 g/mol. The van der Waals surface area contributed by atoms with Crippen LogP contribution in [0.3, 0.4) is 0 Å². The molecule has 3 rings (SSSR count). The van der Waals surface area contributed by atoms with E-state index in [0.717, 1.165) is 5.56 Å². The summed E-state index contributed by atoms with van der Waals surface area (Å²) in [5.41, 5.74) is 1.54. The molecule has 7 heteroatoms. The lowest BCUT2D eigenvalue weighted by molar-refractivity contribution is -0.598. The maximum atomic E-state index is 12.5. The third kappa shape index (κ3) is 3.81. The van der Waals surface area contributed by atoms with Gasteiger partial charge in [0.1, 0.15) is 11.9 Å². The van der Waals surface area contributed by atoms with Gasteiger partial charge in [0, 0.05) is 23.2 Å². The van der Waals surface area contributed by atoms with Gasteiger partial charge in [-0.15, -0.1) is 0 Å². The number of aromatic nitrogens is 2. The number of nitrogens with zero attached hydrogens (tertiary/aromatic N) is 3. The van der Waals surface area contributed by atoms with Crippen LogP contribution in [0.5, 0.6) is 0 Å². The molecule has 0 spiro atoms. The zero-order chi connectivity index (χ0) is 17.8. The van der Waals surface area contributed by atoms with Gasteiger partial charge in [-0.2, -0.15) is 0 Å². The molecule has 0 saturated carbocycles. The van der Waals surface area contributed by atoms with Gasteiger partial charge in [-0.05, 0) is 34.8 Å². The smallest absolute Gasteiger partial charge is 0.333 e. The minimum atomic E-state index is -0.511. The summed E-state index contributed by atoms with van der Waals surface area (Å²) in [4.78, 5) is 14.4. The van der Waals surface area contributed by atoms with E-state index in [1.165, 1.54) is 24.4 Å². The Kier molecular flexibility index (Phi) is 4.72. The molecule has 0 amide bonds. The van der Waals surface area contributed by atoms with E-state index in [-0.39, 0.29) is 11.5 Å². The van der Waals surface area contributed by atoms with E-state index in [4.69, 9.17) is 11.6 Å². The van der Waals surface area contributed by atoms with Crippen molar-refractivity contribution in [1.82, 2.24) is 4.98 Å². The SMILES string of the molecule is O=[N+]([O-])c1cccc(-c2nccc(/C=C/c3ccc(Cl)cc3)[n+]2[O-])c1. The maximum absolute atomic E-state index is 12.5. The lowest BCUT2D eigenvalue weighted by atomic mass is 10.1. The summed E-state index contributed by atoms with van der Waals surface area (Å²) in [7, 11) is 0. The minimum Gasteiger partial charge on any atom is -0.710 e. The molecule has 2 aromatic carbocycles. The molecule has 124 valence electrons. The second kappa shape index (κ2) is 7.11. The molecule has 0 bridgehead atoms. The quantitative estimate of drug-likeness (QED) is 0.306. The van der Waals surface area contributed by atoms with Crippen LogP contribution in [0.15, 0.2) is 60.8 Å². The first-order valence-corrected chi connectivity index (χ1v) is 7.69. The molecule has 0 unspecified atom stereocenters. The lowest BCUT2D eigenvalue weighted by Gasteiger charge is -2.09. The van der Waals surface area contributed by atoms with Gasteiger partial charge < -0.3 is 5.21 Å². The Labute approximate surface area is 148 Å². The van der Waals surface area contributed by atoms with Gasteiger partial charge in [-0.25, -0.2) is 4.73 Å². The Bertz CT molecular complexity index is 956. The van der Waals surface area contributed by atoms with E-state index in [1.807, 2.05) is 12.1 Å². The first-order chi connectivity index (χ1) is 12.0. The second-order valence-corrected chi connectivity index (χ2v) is 5.62. The number of nitro benzene ring substituents is 1. The third-order valence-electron chi connectivity index (χ3n) is 3.50. The van der Waals surface area contributed by atoms with E-state index in [2.05, 4.69) is 4.98 Å². The molecule has 1 heterocycles. The van der Waals surface area contributed by atoms with Crippen LogP contribution >= 0.6 is 11.6 Å². The number of rotatable bonds is 4. The molecule has 25 heavy (non-hydrogen) atoms. The van der Waals surface area contributed by atoms with E-state index in [1.54, 1.807) is 36.4 Å². The molecule has 0 aliphatic heterocycles. The topological polar surface area (TPSA) is 83.0 Å². The molecule has 1 aromatic heterocycles. The average Bonchev–Trinajstić information content (AvgIpc) is 2.62. The van der Waals surface area contributed by atoms with Crippen LogP contribution in [0.4, 0.5) is 5.69 Å². The van der Waals surface area contributed by atoms with Crippen molar-refractivity contribution in [1.29, 1.82) is 0 Å². The lowest BCUT2D eigenvalue weighted by Crippen LogP contribution is -2.33. The number of hydrogen-bond donors (Lipinski definition) is 0. The van der Waals surface area contributed by atoms with Gasteiger partial charge in [-0.1, -0.05) is 35.9 Å². The summed E-state index contributed by atoms with van der Waals surface area (Å²) in [6, 6.07) is 14.6. The van der Waals surface area contributed by atoms with E-state index >= 15 is 0 Å². The molecule has 0 saturated heterocycles. The first-order valence-electron chi connectivity index (χ1n) is 7.31.